The predicted octanol–water partition coefficient (Wildman–Crippen LogP) is 2.97. The molecule has 1 aliphatic rings. The Labute approximate surface area is 124 Å². The van der Waals surface area contributed by atoms with E-state index in [1.54, 1.807) is 11.1 Å². The average molecular weight is 281 g/mol. The normalized spacial score (nSPS) is 15.3. The van der Waals surface area contributed by atoms with Crippen LogP contribution in [0.1, 0.15) is 30.1 Å². The van der Waals surface area contributed by atoms with E-state index in [0.29, 0.717) is 6.04 Å². The molecule has 0 aliphatic heterocycles. The summed E-state index contributed by atoms with van der Waals surface area (Å²) >= 11 is 0. The summed E-state index contributed by atoms with van der Waals surface area (Å²) in [5.41, 5.74) is 1.93. The maximum Gasteiger partial charge on any atom is 0.318 e. The number of carbonyl (C=O) groups excluding carboxylic acids is 1. The van der Waals surface area contributed by atoms with Crippen molar-refractivity contribution in [3.63, 3.8) is 0 Å². The molecule has 108 valence electrons. The maximum atomic E-state index is 12.4. The number of amides is 2. The number of hydrogen-bond donors (Lipinski definition) is 1. The molecule has 1 atom stereocenters. The van der Waals surface area contributed by atoms with E-state index in [1.807, 2.05) is 55.6 Å². The third-order valence-corrected chi connectivity index (χ3v) is 3.70. The molecule has 1 N–H and O–H groups in total. The topological polar surface area (TPSA) is 45.2 Å². The highest BCUT2D eigenvalue weighted by Crippen LogP contribution is 2.27. The van der Waals surface area contributed by atoms with Crippen LogP contribution in [0.25, 0.3) is 0 Å². The summed E-state index contributed by atoms with van der Waals surface area (Å²) in [6.07, 6.45) is 3.93. The van der Waals surface area contributed by atoms with Gasteiger partial charge in [-0.05, 0) is 30.5 Å². The number of benzene rings is 1. The summed E-state index contributed by atoms with van der Waals surface area (Å²) < 4.78 is 0. The SMILES string of the molecule is CN(C(=O)NC1CC1)C(c1ccccc1)c1ccccn1. The van der Waals surface area contributed by atoms with Crippen LogP contribution in [0.5, 0.6) is 0 Å². The van der Waals surface area contributed by atoms with Crippen LogP contribution in [0.3, 0.4) is 0 Å². The molecule has 3 rings (SSSR count). The summed E-state index contributed by atoms with van der Waals surface area (Å²) in [6, 6.07) is 15.9. The number of pyridine rings is 1. The van der Waals surface area contributed by atoms with Crippen molar-refractivity contribution in [3.05, 3.63) is 66.0 Å². The molecular formula is C17H19N3O. The van der Waals surface area contributed by atoms with Crippen molar-refractivity contribution in [2.24, 2.45) is 0 Å². The lowest BCUT2D eigenvalue weighted by Gasteiger charge is -2.28. The average Bonchev–Trinajstić information content (AvgIpc) is 3.33. The fraction of sp³-hybridized carbons (Fsp3) is 0.294. The Bertz CT molecular complexity index is 556. The molecule has 4 heteroatoms. The fourth-order valence-electron chi connectivity index (χ4n) is 2.39. The Balaban J connectivity index is 1.90. The van der Waals surface area contributed by atoms with Crippen molar-refractivity contribution >= 4 is 6.03 Å². The van der Waals surface area contributed by atoms with Crippen LogP contribution >= 0.6 is 0 Å². The predicted molar refractivity (Wildman–Crippen MR) is 81.8 cm³/mol. The van der Waals surface area contributed by atoms with Crippen molar-refractivity contribution < 1.29 is 4.79 Å². The van der Waals surface area contributed by atoms with Crippen LogP contribution in [0.4, 0.5) is 4.79 Å². The Morgan fingerprint density at radius 1 is 1.19 bits per heavy atom. The molecule has 0 saturated heterocycles. The van der Waals surface area contributed by atoms with Crippen LogP contribution in [0.15, 0.2) is 54.7 Å². The molecule has 1 aromatic heterocycles. The largest absolute Gasteiger partial charge is 0.335 e. The number of aromatic nitrogens is 1. The monoisotopic (exact) mass is 281 g/mol. The minimum absolute atomic E-state index is 0.0444. The second-order valence-corrected chi connectivity index (χ2v) is 5.40. The molecule has 1 unspecified atom stereocenters. The summed E-state index contributed by atoms with van der Waals surface area (Å²) in [6.45, 7) is 0. The van der Waals surface area contributed by atoms with E-state index in [0.717, 1.165) is 24.1 Å². The molecule has 2 amide bonds. The highest BCUT2D eigenvalue weighted by molar-refractivity contribution is 5.75. The van der Waals surface area contributed by atoms with Crippen molar-refractivity contribution in [3.8, 4) is 0 Å². The van der Waals surface area contributed by atoms with Gasteiger partial charge in [-0.2, -0.15) is 0 Å². The molecule has 1 aliphatic carbocycles. The maximum absolute atomic E-state index is 12.4. The summed E-state index contributed by atoms with van der Waals surface area (Å²) in [5.74, 6) is 0. The van der Waals surface area contributed by atoms with Crippen LogP contribution in [-0.4, -0.2) is 29.0 Å². The second-order valence-electron chi connectivity index (χ2n) is 5.40. The minimum Gasteiger partial charge on any atom is -0.335 e. The molecule has 1 heterocycles. The highest BCUT2D eigenvalue weighted by Gasteiger charge is 2.29. The van der Waals surface area contributed by atoms with Crippen LogP contribution in [0.2, 0.25) is 0 Å². The Morgan fingerprint density at radius 2 is 1.90 bits per heavy atom. The summed E-state index contributed by atoms with van der Waals surface area (Å²) in [4.78, 5) is 18.5. The number of nitrogens with one attached hydrogen (secondary N) is 1. The fourth-order valence-corrected chi connectivity index (χ4v) is 2.39. The van der Waals surface area contributed by atoms with Gasteiger partial charge in [0.25, 0.3) is 0 Å². The first kappa shape index (κ1) is 13.6. The standard InChI is InChI=1S/C17H19N3O/c1-20(17(21)19-14-10-11-14)16(13-7-3-2-4-8-13)15-9-5-6-12-18-15/h2-9,12,14,16H,10-11H2,1H3,(H,19,21). The van der Waals surface area contributed by atoms with E-state index < -0.39 is 0 Å². The van der Waals surface area contributed by atoms with E-state index >= 15 is 0 Å². The summed E-state index contributed by atoms with van der Waals surface area (Å²) in [5, 5.41) is 3.03. The van der Waals surface area contributed by atoms with Crippen molar-refractivity contribution in [2.75, 3.05) is 7.05 Å². The molecule has 0 radical (unpaired) electrons. The zero-order valence-corrected chi connectivity index (χ0v) is 12.1. The molecule has 21 heavy (non-hydrogen) atoms. The molecule has 0 bridgehead atoms. The van der Waals surface area contributed by atoms with Crippen LogP contribution < -0.4 is 5.32 Å². The lowest BCUT2D eigenvalue weighted by molar-refractivity contribution is 0.197. The first-order valence-electron chi connectivity index (χ1n) is 7.25. The van der Waals surface area contributed by atoms with Gasteiger partial charge in [0.1, 0.15) is 6.04 Å². The van der Waals surface area contributed by atoms with E-state index in [4.69, 9.17) is 0 Å². The number of nitrogens with zero attached hydrogens (tertiary/aromatic N) is 2. The molecule has 1 saturated carbocycles. The number of carbonyl (C=O) groups is 1. The lowest BCUT2D eigenvalue weighted by atomic mass is 10.0. The zero-order chi connectivity index (χ0) is 14.7. The first-order valence-corrected chi connectivity index (χ1v) is 7.25. The van der Waals surface area contributed by atoms with Gasteiger partial charge in [0.15, 0.2) is 0 Å². The lowest BCUT2D eigenvalue weighted by Crippen LogP contribution is -2.41. The van der Waals surface area contributed by atoms with Crippen LogP contribution in [0, 0.1) is 0 Å². The van der Waals surface area contributed by atoms with Crippen LogP contribution in [-0.2, 0) is 0 Å². The third-order valence-electron chi connectivity index (χ3n) is 3.70. The molecule has 1 fully saturated rings. The van der Waals surface area contributed by atoms with Crippen molar-refractivity contribution in [2.45, 2.75) is 24.9 Å². The zero-order valence-electron chi connectivity index (χ0n) is 12.1. The third kappa shape index (κ3) is 3.21. The van der Waals surface area contributed by atoms with Crippen molar-refractivity contribution in [1.29, 1.82) is 0 Å². The molecular weight excluding hydrogens is 262 g/mol. The number of rotatable bonds is 4. The summed E-state index contributed by atoms with van der Waals surface area (Å²) in [7, 11) is 1.82. The Morgan fingerprint density at radius 3 is 2.52 bits per heavy atom. The quantitative estimate of drug-likeness (QED) is 0.936. The van der Waals surface area contributed by atoms with Gasteiger partial charge in [0.2, 0.25) is 0 Å². The smallest absolute Gasteiger partial charge is 0.318 e. The molecule has 4 nitrogen and oxygen atoms in total. The van der Waals surface area contributed by atoms with Gasteiger partial charge in [0.05, 0.1) is 5.69 Å². The molecule has 2 aromatic rings. The van der Waals surface area contributed by atoms with Gasteiger partial charge in [0, 0.05) is 19.3 Å². The van der Waals surface area contributed by atoms with Crippen molar-refractivity contribution in [1.82, 2.24) is 15.2 Å². The van der Waals surface area contributed by atoms with E-state index in [1.165, 1.54) is 0 Å². The Hall–Kier alpha value is -2.36. The Kier molecular flexibility index (Phi) is 3.86. The van der Waals surface area contributed by atoms with E-state index in [9.17, 15) is 4.79 Å². The number of hydrogen-bond acceptors (Lipinski definition) is 2. The molecule has 0 spiro atoms. The van der Waals surface area contributed by atoms with Gasteiger partial charge < -0.3 is 10.2 Å². The first-order chi connectivity index (χ1) is 10.3. The van der Waals surface area contributed by atoms with E-state index in [2.05, 4.69) is 10.3 Å². The van der Waals surface area contributed by atoms with Gasteiger partial charge in [-0.15, -0.1) is 0 Å². The minimum atomic E-state index is -0.175. The van der Waals surface area contributed by atoms with Gasteiger partial charge in [-0.3, -0.25) is 4.98 Å². The molecule has 1 aromatic carbocycles. The van der Waals surface area contributed by atoms with E-state index in [-0.39, 0.29) is 12.1 Å². The van der Waals surface area contributed by atoms with Gasteiger partial charge in [-0.25, -0.2) is 4.79 Å². The number of urea groups is 1. The van der Waals surface area contributed by atoms with Gasteiger partial charge in [-0.1, -0.05) is 36.4 Å². The second kappa shape index (κ2) is 5.95. The van der Waals surface area contributed by atoms with Gasteiger partial charge >= 0.3 is 6.03 Å². The highest BCUT2D eigenvalue weighted by atomic mass is 16.2.